The van der Waals surface area contributed by atoms with Crippen LogP contribution >= 0.6 is 23.4 Å². The Bertz CT molecular complexity index is 1120. The van der Waals surface area contributed by atoms with E-state index in [4.69, 9.17) is 11.6 Å². The molecule has 4 aromatic rings. The number of aromatic nitrogens is 5. The lowest BCUT2D eigenvalue weighted by Gasteiger charge is -2.12. The summed E-state index contributed by atoms with van der Waals surface area (Å²) in [5.74, 6) is 0.397. The topological polar surface area (TPSA) is 48.0 Å². The maximum Gasteiger partial charge on any atom is 0.490 e. The lowest BCUT2D eigenvalue weighted by Crippen LogP contribution is -2.18. The first kappa shape index (κ1) is 17.2. The van der Waals surface area contributed by atoms with Gasteiger partial charge >= 0.3 is 6.30 Å². The van der Waals surface area contributed by atoms with Gasteiger partial charge in [0.15, 0.2) is 5.82 Å². The molecule has 4 heterocycles. The van der Waals surface area contributed by atoms with E-state index in [9.17, 15) is 13.2 Å². The van der Waals surface area contributed by atoms with E-state index in [1.807, 2.05) is 6.92 Å². The summed E-state index contributed by atoms with van der Waals surface area (Å²) in [6.07, 6.45) is -0.410. The van der Waals surface area contributed by atoms with E-state index in [-0.39, 0.29) is 27.1 Å². The number of fused-ring (bicyclic) bond motifs is 2. The van der Waals surface area contributed by atoms with Crippen LogP contribution in [0.25, 0.3) is 28.2 Å². The molecule has 0 radical (unpaired) electrons. The van der Waals surface area contributed by atoms with Crippen LogP contribution in [0.15, 0.2) is 41.8 Å². The Hall–Kier alpha value is -2.26. The highest BCUT2D eigenvalue weighted by Crippen LogP contribution is 2.38. The summed E-state index contributed by atoms with van der Waals surface area (Å²) in [6, 6.07) is 4.71. The van der Waals surface area contributed by atoms with E-state index in [0.717, 1.165) is 6.20 Å². The first-order chi connectivity index (χ1) is 12.4. The number of thioether (sulfide) groups is 1. The standard InChI is InChI=1S/C16H11ClF3N5S/c1-2-26-15-13(23-12-7-9(17)4-6-24(12)15)14-22-10-3-5-21-8-11(10)25(14)16(18,19)20/h3-8H,2H2,1H3. The summed E-state index contributed by atoms with van der Waals surface area (Å²) in [5.41, 5.74) is 0.711. The summed E-state index contributed by atoms with van der Waals surface area (Å²) in [5, 5.41) is 1.03. The maximum absolute atomic E-state index is 13.8. The highest BCUT2D eigenvalue weighted by atomic mass is 35.5. The Morgan fingerprint density at radius 3 is 2.77 bits per heavy atom. The highest BCUT2D eigenvalue weighted by molar-refractivity contribution is 7.99. The van der Waals surface area contributed by atoms with Crippen molar-refractivity contribution in [2.24, 2.45) is 0 Å². The van der Waals surface area contributed by atoms with Crippen molar-refractivity contribution in [3.05, 3.63) is 41.8 Å². The number of hydrogen-bond donors (Lipinski definition) is 0. The fraction of sp³-hybridized carbons (Fsp3) is 0.188. The van der Waals surface area contributed by atoms with Crippen molar-refractivity contribution in [2.75, 3.05) is 5.75 Å². The average Bonchev–Trinajstić information content (AvgIpc) is 3.13. The van der Waals surface area contributed by atoms with Gasteiger partial charge in [0.05, 0.1) is 17.2 Å². The summed E-state index contributed by atoms with van der Waals surface area (Å²) >= 11 is 7.39. The van der Waals surface area contributed by atoms with Crippen LogP contribution in [-0.4, -0.2) is 29.7 Å². The molecule has 0 aromatic carbocycles. The Morgan fingerprint density at radius 2 is 2.04 bits per heavy atom. The van der Waals surface area contributed by atoms with Crippen molar-refractivity contribution >= 4 is 40.0 Å². The lowest BCUT2D eigenvalue weighted by atomic mass is 10.4. The first-order valence-corrected chi connectivity index (χ1v) is 8.97. The van der Waals surface area contributed by atoms with Gasteiger partial charge in [-0.15, -0.1) is 24.9 Å². The Balaban J connectivity index is 2.08. The minimum Gasteiger partial charge on any atom is -0.294 e. The van der Waals surface area contributed by atoms with Crippen LogP contribution in [0.1, 0.15) is 6.92 Å². The molecule has 0 spiro atoms. The van der Waals surface area contributed by atoms with E-state index in [0.29, 0.717) is 21.4 Å². The number of rotatable bonds is 3. The van der Waals surface area contributed by atoms with Crippen molar-refractivity contribution in [1.82, 2.24) is 23.9 Å². The van der Waals surface area contributed by atoms with Gasteiger partial charge in [0.25, 0.3) is 0 Å². The van der Waals surface area contributed by atoms with Gasteiger partial charge in [-0.3, -0.25) is 9.38 Å². The van der Waals surface area contributed by atoms with Gasteiger partial charge in [-0.05, 0) is 17.9 Å². The van der Waals surface area contributed by atoms with Crippen LogP contribution in [0.5, 0.6) is 0 Å². The molecule has 0 aliphatic carbocycles. The molecule has 0 unspecified atom stereocenters. The van der Waals surface area contributed by atoms with Gasteiger partial charge < -0.3 is 0 Å². The lowest BCUT2D eigenvalue weighted by molar-refractivity contribution is -0.199. The van der Waals surface area contributed by atoms with E-state index in [1.54, 1.807) is 22.7 Å². The van der Waals surface area contributed by atoms with Crippen LogP contribution in [0.4, 0.5) is 13.2 Å². The van der Waals surface area contributed by atoms with Gasteiger partial charge in [-0.1, -0.05) is 18.5 Å². The third kappa shape index (κ3) is 2.71. The maximum atomic E-state index is 13.8. The second-order valence-electron chi connectivity index (χ2n) is 5.37. The molecule has 0 fully saturated rings. The molecule has 0 saturated carbocycles. The Kier molecular flexibility index (Phi) is 4.07. The van der Waals surface area contributed by atoms with Crippen molar-refractivity contribution < 1.29 is 13.2 Å². The summed E-state index contributed by atoms with van der Waals surface area (Å²) in [6.45, 7) is 1.92. The predicted octanol–water partition coefficient (Wildman–Crippen LogP) is 4.99. The van der Waals surface area contributed by atoms with Crippen molar-refractivity contribution in [3.63, 3.8) is 0 Å². The predicted molar refractivity (Wildman–Crippen MR) is 94.4 cm³/mol. The molecule has 0 bridgehead atoms. The minimum absolute atomic E-state index is 0.113. The zero-order chi connectivity index (χ0) is 18.5. The molecule has 4 aromatic heterocycles. The third-order valence-corrected chi connectivity index (χ3v) is 4.93. The number of nitrogens with zero attached hydrogens (tertiary/aromatic N) is 5. The zero-order valence-corrected chi connectivity index (χ0v) is 14.9. The van der Waals surface area contributed by atoms with Crippen LogP contribution < -0.4 is 0 Å². The van der Waals surface area contributed by atoms with Crippen molar-refractivity contribution in [1.29, 1.82) is 0 Å². The van der Waals surface area contributed by atoms with E-state index in [2.05, 4.69) is 15.0 Å². The van der Waals surface area contributed by atoms with Gasteiger partial charge in [-0.25, -0.2) is 14.5 Å². The van der Waals surface area contributed by atoms with E-state index in [1.165, 1.54) is 24.0 Å². The quantitative estimate of drug-likeness (QED) is 0.457. The van der Waals surface area contributed by atoms with Gasteiger partial charge in [0, 0.05) is 23.5 Å². The Labute approximate surface area is 154 Å². The number of imidazole rings is 2. The second-order valence-corrected chi connectivity index (χ2v) is 7.06. The molecule has 0 atom stereocenters. The molecule has 5 nitrogen and oxygen atoms in total. The minimum atomic E-state index is -4.66. The Morgan fingerprint density at radius 1 is 1.23 bits per heavy atom. The molecule has 0 aliphatic heterocycles. The van der Waals surface area contributed by atoms with E-state index < -0.39 is 6.30 Å². The van der Waals surface area contributed by atoms with Crippen molar-refractivity contribution in [2.45, 2.75) is 18.2 Å². The average molecular weight is 398 g/mol. The molecule has 10 heteroatoms. The number of alkyl halides is 3. The first-order valence-electron chi connectivity index (χ1n) is 7.60. The third-order valence-electron chi connectivity index (χ3n) is 3.75. The van der Waals surface area contributed by atoms with Gasteiger partial charge in [-0.2, -0.15) is 0 Å². The molecule has 0 aliphatic rings. The summed E-state index contributed by atoms with van der Waals surface area (Å²) in [7, 11) is 0. The van der Waals surface area contributed by atoms with Crippen molar-refractivity contribution in [3.8, 4) is 11.5 Å². The van der Waals surface area contributed by atoms with Crippen LogP contribution in [0, 0.1) is 0 Å². The normalized spacial score (nSPS) is 12.3. The zero-order valence-electron chi connectivity index (χ0n) is 13.3. The van der Waals surface area contributed by atoms with Gasteiger partial charge in [0.2, 0.25) is 0 Å². The van der Waals surface area contributed by atoms with E-state index >= 15 is 0 Å². The number of halogens is 4. The molecule has 4 rings (SSSR count). The second kappa shape index (κ2) is 6.17. The fourth-order valence-corrected chi connectivity index (χ4v) is 3.75. The SMILES string of the molecule is CCSc1c(-c2nc3ccncc3n2C(F)(F)F)nc2cc(Cl)ccn12. The molecule has 134 valence electrons. The largest absolute Gasteiger partial charge is 0.490 e. The molecule has 0 saturated heterocycles. The monoisotopic (exact) mass is 397 g/mol. The van der Waals surface area contributed by atoms with Crippen LogP contribution in [-0.2, 0) is 6.30 Å². The molecular formula is C16H11ClF3N5S. The van der Waals surface area contributed by atoms with Gasteiger partial charge in [0.1, 0.15) is 16.4 Å². The van der Waals surface area contributed by atoms with Crippen LogP contribution in [0.3, 0.4) is 0 Å². The summed E-state index contributed by atoms with van der Waals surface area (Å²) < 4.78 is 43.2. The summed E-state index contributed by atoms with van der Waals surface area (Å²) in [4.78, 5) is 12.4. The number of pyridine rings is 2. The molecule has 0 N–H and O–H groups in total. The highest BCUT2D eigenvalue weighted by Gasteiger charge is 2.37. The molecular weight excluding hydrogens is 387 g/mol. The smallest absolute Gasteiger partial charge is 0.294 e. The molecule has 0 amide bonds. The number of hydrogen-bond acceptors (Lipinski definition) is 4. The molecule has 26 heavy (non-hydrogen) atoms. The van der Waals surface area contributed by atoms with Crippen LogP contribution in [0.2, 0.25) is 5.02 Å². The fourth-order valence-electron chi connectivity index (χ4n) is 2.76.